The van der Waals surface area contributed by atoms with Gasteiger partial charge >= 0.3 is 0 Å². The van der Waals surface area contributed by atoms with Gasteiger partial charge in [-0.15, -0.1) is 0 Å². The number of carbonyl (C=O) groups excluding carboxylic acids is 1. The number of sulfonamides is 1. The number of ether oxygens (including phenoxy) is 1. The standard InChI is InChI=1S/C25H35N7O4S2/c1-3-17-37-25-29-22(26-12-16-36-2)21-18-28-32(23(21)30-25)15-11-27-24(33)19-7-9-20(10-8-19)38(34,35)31-13-5-4-6-14-31/h7-10,18H,3-6,11-17H2,1-2H3,(H,27,33)(H,26,29,30). The third-order valence-electron chi connectivity index (χ3n) is 6.19. The summed E-state index contributed by atoms with van der Waals surface area (Å²) in [5.74, 6) is 1.34. The molecule has 1 fully saturated rings. The van der Waals surface area contributed by atoms with Gasteiger partial charge in [0.25, 0.3) is 5.91 Å². The van der Waals surface area contributed by atoms with E-state index in [0.29, 0.717) is 61.5 Å². The molecule has 0 spiro atoms. The first-order valence-corrected chi connectivity index (χ1v) is 15.3. The SMILES string of the molecule is CCCSc1nc(NCCOC)c2cnn(CCNC(=O)c3ccc(S(=O)(=O)N4CCCCC4)cc3)c2n1. The minimum atomic E-state index is -3.53. The summed E-state index contributed by atoms with van der Waals surface area (Å²) in [5.41, 5.74) is 1.10. The number of nitrogens with zero attached hydrogens (tertiary/aromatic N) is 5. The highest BCUT2D eigenvalue weighted by Gasteiger charge is 2.26. The lowest BCUT2D eigenvalue weighted by atomic mass is 10.2. The Bertz CT molecular complexity index is 1320. The monoisotopic (exact) mass is 561 g/mol. The molecule has 38 heavy (non-hydrogen) atoms. The predicted molar refractivity (Wildman–Crippen MR) is 148 cm³/mol. The van der Waals surface area contributed by atoms with Crippen molar-refractivity contribution < 1.29 is 17.9 Å². The minimum Gasteiger partial charge on any atom is -0.383 e. The van der Waals surface area contributed by atoms with E-state index in [2.05, 4.69) is 27.6 Å². The third kappa shape index (κ3) is 6.82. The number of methoxy groups -OCH3 is 1. The van der Waals surface area contributed by atoms with Crippen LogP contribution in [0.5, 0.6) is 0 Å². The molecular formula is C25H35N7O4S2. The van der Waals surface area contributed by atoms with Gasteiger partial charge in [0.2, 0.25) is 10.0 Å². The Morgan fingerprint density at radius 2 is 1.87 bits per heavy atom. The molecule has 0 aliphatic carbocycles. The topological polar surface area (TPSA) is 131 Å². The van der Waals surface area contributed by atoms with Crippen molar-refractivity contribution in [3.8, 4) is 0 Å². The van der Waals surface area contributed by atoms with Crippen LogP contribution in [0.3, 0.4) is 0 Å². The average molecular weight is 562 g/mol. The van der Waals surface area contributed by atoms with Crippen molar-refractivity contribution in [1.29, 1.82) is 0 Å². The molecule has 0 bridgehead atoms. The molecule has 0 atom stereocenters. The zero-order valence-electron chi connectivity index (χ0n) is 21.9. The number of nitrogens with one attached hydrogen (secondary N) is 2. The number of anilines is 1. The molecule has 1 aliphatic rings. The molecule has 206 valence electrons. The molecule has 4 rings (SSSR count). The van der Waals surface area contributed by atoms with Crippen molar-refractivity contribution in [3.63, 3.8) is 0 Å². The fourth-order valence-electron chi connectivity index (χ4n) is 4.17. The lowest BCUT2D eigenvalue weighted by Crippen LogP contribution is -2.35. The van der Waals surface area contributed by atoms with Crippen molar-refractivity contribution in [2.75, 3.05) is 51.0 Å². The Morgan fingerprint density at radius 3 is 2.58 bits per heavy atom. The lowest BCUT2D eigenvalue weighted by Gasteiger charge is -2.25. The number of hydrogen-bond acceptors (Lipinski definition) is 9. The zero-order chi connectivity index (χ0) is 27.0. The van der Waals surface area contributed by atoms with Gasteiger partial charge in [-0.1, -0.05) is 25.1 Å². The molecule has 1 amide bonds. The van der Waals surface area contributed by atoms with Gasteiger partial charge in [0, 0.05) is 44.6 Å². The molecule has 1 aromatic carbocycles. The van der Waals surface area contributed by atoms with Crippen LogP contribution in [0.4, 0.5) is 5.82 Å². The lowest BCUT2D eigenvalue weighted by molar-refractivity contribution is 0.0952. The maximum absolute atomic E-state index is 12.9. The van der Waals surface area contributed by atoms with Crippen molar-refractivity contribution in [2.45, 2.75) is 49.2 Å². The number of thioether (sulfide) groups is 1. The summed E-state index contributed by atoms with van der Waals surface area (Å²) in [7, 11) is -1.88. The number of amides is 1. The molecule has 11 nitrogen and oxygen atoms in total. The number of hydrogen-bond donors (Lipinski definition) is 2. The van der Waals surface area contributed by atoms with E-state index in [1.165, 1.54) is 16.4 Å². The van der Waals surface area contributed by atoms with E-state index in [0.717, 1.165) is 36.8 Å². The fraction of sp³-hybridized carbons (Fsp3) is 0.520. The summed E-state index contributed by atoms with van der Waals surface area (Å²) in [5, 5.41) is 12.1. The summed E-state index contributed by atoms with van der Waals surface area (Å²) in [6, 6.07) is 6.12. The number of aromatic nitrogens is 4. The van der Waals surface area contributed by atoms with Gasteiger partial charge in [-0.3, -0.25) is 4.79 Å². The number of benzene rings is 1. The second-order valence-corrected chi connectivity index (χ2v) is 12.0. The molecule has 1 saturated heterocycles. The van der Waals surface area contributed by atoms with E-state index < -0.39 is 10.0 Å². The quantitative estimate of drug-likeness (QED) is 0.184. The number of carbonyl (C=O) groups is 1. The van der Waals surface area contributed by atoms with Gasteiger partial charge in [0.05, 0.1) is 29.6 Å². The first kappa shape index (κ1) is 28.3. The Balaban J connectivity index is 1.40. The molecular weight excluding hydrogens is 526 g/mol. The second kappa shape index (κ2) is 13.4. The molecule has 3 heterocycles. The molecule has 3 aromatic rings. The molecule has 1 aliphatic heterocycles. The summed E-state index contributed by atoms with van der Waals surface area (Å²) in [6.45, 7) is 5.11. The van der Waals surface area contributed by atoms with Gasteiger partial charge < -0.3 is 15.4 Å². The Kier molecular flexibility index (Phi) is 9.94. The van der Waals surface area contributed by atoms with E-state index in [9.17, 15) is 13.2 Å². The van der Waals surface area contributed by atoms with Crippen molar-refractivity contribution in [3.05, 3.63) is 36.0 Å². The maximum Gasteiger partial charge on any atom is 0.251 e. The normalized spacial score (nSPS) is 14.6. The largest absolute Gasteiger partial charge is 0.383 e. The summed E-state index contributed by atoms with van der Waals surface area (Å²) >= 11 is 1.59. The van der Waals surface area contributed by atoms with Crippen LogP contribution in [-0.4, -0.2) is 84.0 Å². The first-order valence-electron chi connectivity index (χ1n) is 12.9. The number of piperidine rings is 1. The Labute approximate surface area is 227 Å². The van der Waals surface area contributed by atoms with Gasteiger partial charge in [0.1, 0.15) is 5.82 Å². The van der Waals surface area contributed by atoms with Gasteiger partial charge in [0.15, 0.2) is 10.8 Å². The Hall–Kier alpha value is -2.74. The highest BCUT2D eigenvalue weighted by atomic mass is 32.2. The highest BCUT2D eigenvalue weighted by molar-refractivity contribution is 7.99. The van der Waals surface area contributed by atoms with E-state index in [-0.39, 0.29) is 10.8 Å². The molecule has 0 unspecified atom stereocenters. The fourth-order valence-corrected chi connectivity index (χ4v) is 6.38. The van der Waals surface area contributed by atoms with E-state index in [4.69, 9.17) is 9.72 Å². The summed E-state index contributed by atoms with van der Waals surface area (Å²) in [4.78, 5) is 22.3. The van der Waals surface area contributed by atoms with Crippen molar-refractivity contribution in [2.24, 2.45) is 0 Å². The maximum atomic E-state index is 12.9. The van der Waals surface area contributed by atoms with Crippen LogP contribution in [0.25, 0.3) is 11.0 Å². The van der Waals surface area contributed by atoms with Crippen LogP contribution in [0.15, 0.2) is 40.5 Å². The summed E-state index contributed by atoms with van der Waals surface area (Å²) in [6.07, 6.45) is 5.54. The molecule has 13 heteroatoms. The van der Waals surface area contributed by atoms with E-state index >= 15 is 0 Å². The van der Waals surface area contributed by atoms with Gasteiger partial charge in [-0.25, -0.2) is 23.1 Å². The van der Waals surface area contributed by atoms with Crippen molar-refractivity contribution in [1.82, 2.24) is 29.4 Å². The number of rotatable bonds is 13. The van der Waals surface area contributed by atoms with Crippen molar-refractivity contribution >= 4 is 44.5 Å². The zero-order valence-corrected chi connectivity index (χ0v) is 23.5. The molecule has 2 aromatic heterocycles. The molecule has 0 saturated carbocycles. The molecule has 2 N–H and O–H groups in total. The highest BCUT2D eigenvalue weighted by Crippen LogP contribution is 2.25. The Morgan fingerprint density at radius 1 is 1.11 bits per heavy atom. The first-order chi connectivity index (χ1) is 18.4. The second-order valence-electron chi connectivity index (χ2n) is 8.97. The van der Waals surface area contributed by atoms with Crippen LogP contribution in [0.1, 0.15) is 43.0 Å². The van der Waals surface area contributed by atoms with Crippen LogP contribution >= 0.6 is 11.8 Å². The molecule has 0 radical (unpaired) electrons. The van der Waals surface area contributed by atoms with E-state index in [1.807, 2.05) is 0 Å². The van der Waals surface area contributed by atoms with Gasteiger partial charge in [-0.05, 0) is 43.5 Å². The smallest absolute Gasteiger partial charge is 0.251 e. The number of fused-ring (bicyclic) bond motifs is 1. The average Bonchev–Trinajstić information content (AvgIpc) is 3.35. The van der Waals surface area contributed by atoms with Crippen LogP contribution in [0, 0.1) is 0 Å². The van der Waals surface area contributed by atoms with Crippen LogP contribution in [0.2, 0.25) is 0 Å². The van der Waals surface area contributed by atoms with Crippen LogP contribution in [-0.2, 0) is 21.3 Å². The predicted octanol–water partition coefficient (Wildman–Crippen LogP) is 2.99. The third-order valence-corrected chi connectivity index (χ3v) is 9.15. The summed E-state index contributed by atoms with van der Waals surface area (Å²) < 4.78 is 34.1. The minimum absolute atomic E-state index is 0.213. The van der Waals surface area contributed by atoms with Gasteiger partial charge in [-0.2, -0.15) is 9.40 Å². The van der Waals surface area contributed by atoms with Crippen LogP contribution < -0.4 is 10.6 Å². The van der Waals surface area contributed by atoms with E-state index in [1.54, 1.807) is 41.9 Å².